The van der Waals surface area contributed by atoms with Gasteiger partial charge in [0.1, 0.15) is 11.5 Å². The van der Waals surface area contributed by atoms with Gasteiger partial charge in [-0.1, -0.05) is 36.4 Å². The highest BCUT2D eigenvalue weighted by atomic mass is 32.1. The second-order valence-electron chi connectivity index (χ2n) is 7.27. The van der Waals surface area contributed by atoms with Crippen LogP contribution in [0.5, 0.6) is 11.5 Å². The summed E-state index contributed by atoms with van der Waals surface area (Å²) in [7, 11) is 0. The monoisotopic (exact) mass is 406 g/mol. The molecule has 1 aliphatic heterocycles. The number of ether oxygens (including phenoxy) is 2. The molecule has 0 fully saturated rings. The molecular weight excluding hydrogens is 380 g/mol. The lowest BCUT2D eigenvalue weighted by molar-refractivity contribution is 0.281. The van der Waals surface area contributed by atoms with Gasteiger partial charge in [-0.3, -0.25) is 0 Å². The molecular formula is C24H26N2O2S. The maximum atomic E-state index is 6.00. The lowest BCUT2D eigenvalue weighted by Gasteiger charge is -2.17. The van der Waals surface area contributed by atoms with Crippen molar-refractivity contribution in [3.8, 4) is 11.5 Å². The predicted octanol–water partition coefficient (Wildman–Crippen LogP) is 5.07. The Kier molecular flexibility index (Phi) is 6.15. The van der Waals surface area contributed by atoms with Crippen molar-refractivity contribution in [2.24, 2.45) is 5.73 Å². The van der Waals surface area contributed by atoms with Crippen LogP contribution in [0.3, 0.4) is 0 Å². The van der Waals surface area contributed by atoms with Crippen LogP contribution in [0.1, 0.15) is 24.8 Å². The summed E-state index contributed by atoms with van der Waals surface area (Å²) in [5.74, 6) is 1.88. The topological polar surface area (TPSA) is 47.7 Å². The number of anilines is 1. The Bertz CT molecular complexity index is 1000. The smallest absolute Gasteiger partial charge is 0.170 e. The zero-order valence-electron chi connectivity index (χ0n) is 16.5. The lowest BCUT2D eigenvalue weighted by atomic mass is 10.1. The van der Waals surface area contributed by atoms with E-state index >= 15 is 0 Å². The summed E-state index contributed by atoms with van der Waals surface area (Å²) >= 11 is 5.10. The van der Waals surface area contributed by atoms with E-state index < -0.39 is 0 Å². The zero-order valence-corrected chi connectivity index (χ0v) is 17.3. The molecule has 3 aromatic rings. The van der Waals surface area contributed by atoms with Crippen LogP contribution in [-0.4, -0.2) is 24.9 Å². The van der Waals surface area contributed by atoms with E-state index in [-0.39, 0.29) is 0 Å². The van der Waals surface area contributed by atoms with Gasteiger partial charge >= 0.3 is 0 Å². The number of thiocarbonyl (C=S) groups is 1. The molecule has 0 saturated heterocycles. The molecule has 150 valence electrons. The summed E-state index contributed by atoms with van der Waals surface area (Å²) in [6.45, 7) is 2.29. The summed E-state index contributed by atoms with van der Waals surface area (Å²) in [4.78, 5) is 1.98. The molecule has 1 heterocycles. The molecule has 0 bridgehead atoms. The first-order valence-electron chi connectivity index (χ1n) is 10.2. The molecule has 1 aliphatic rings. The van der Waals surface area contributed by atoms with E-state index in [1.807, 2.05) is 29.2 Å². The van der Waals surface area contributed by atoms with E-state index in [9.17, 15) is 0 Å². The highest BCUT2D eigenvalue weighted by Gasteiger charge is 2.21. The molecule has 0 radical (unpaired) electrons. The van der Waals surface area contributed by atoms with Gasteiger partial charge in [-0.25, -0.2) is 0 Å². The van der Waals surface area contributed by atoms with Gasteiger partial charge in [0.05, 0.1) is 13.2 Å². The van der Waals surface area contributed by atoms with Gasteiger partial charge in [0, 0.05) is 17.6 Å². The Morgan fingerprint density at radius 2 is 1.72 bits per heavy atom. The van der Waals surface area contributed by atoms with Gasteiger partial charge in [-0.2, -0.15) is 0 Å². The Labute approximate surface area is 177 Å². The van der Waals surface area contributed by atoms with Crippen LogP contribution in [0.4, 0.5) is 5.69 Å². The van der Waals surface area contributed by atoms with E-state index in [0.717, 1.165) is 56.0 Å². The predicted molar refractivity (Wildman–Crippen MR) is 123 cm³/mol. The molecule has 0 aliphatic carbocycles. The number of nitrogens with zero attached hydrogens (tertiary/aromatic N) is 1. The highest BCUT2D eigenvalue weighted by molar-refractivity contribution is 7.80. The summed E-state index contributed by atoms with van der Waals surface area (Å²) in [5.41, 5.74) is 8.12. The maximum absolute atomic E-state index is 6.00. The largest absolute Gasteiger partial charge is 0.494 e. The molecule has 4 rings (SSSR count). The van der Waals surface area contributed by atoms with Crippen molar-refractivity contribution < 1.29 is 9.47 Å². The summed E-state index contributed by atoms with van der Waals surface area (Å²) in [5, 5.41) is 2.82. The minimum absolute atomic E-state index is 0.433. The quantitative estimate of drug-likeness (QED) is 0.418. The Hall–Kier alpha value is -2.79. The van der Waals surface area contributed by atoms with Crippen LogP contribution in [0.25, 0.3) is 10.8 Å². The van der Waals surface area contributed by atoms with Gasteiger partial charge in [-0.15, -0.1) is 0 Å². The first kappa shape index (κ1) is 19.5. The molecule has 5 heteroatoms. The molecule has 0 aromatic heterocycles. The van der Waals surface area contributed by atoms with Crippen molar-refractivity contribution in [2.45, 2.75) is 25.7 Å². The minimum atomic E-state index is 0.433. The normalized spacial score (nSPS) is 12.8. The van der Waals surface area contributed by atoms with Gasteiger partial charge in [-0.05, 0) is 73.1 Å². The first-order chi connectivity index (χ1) is 14.2. The summed E-state index contributed by atoms with van der Waals surface area (Å²) in [6, 6.07) is 20.7. The molecule has 29 heavy (non-hydrogen) atoms. The highest BCUT2D eigenvalue weighted by Crippen LogP contribution is 2.31. The van der Waals surface area contributed by atoms with Crippen molar-refractivity contribution in [1.82, 2.24) is 0 Å². The van der Waals surface area contributed by atoms with Gasteiger partial charge in [0.25, 0.3) is 0 Å². The number of benzene rings is 3. The molecule has 0 atom stereocenters. The summed E-state index contributed by atoms with van der Waals surface area (Å²) < 4.78 is 11.9. The van der Waals surface area contributed by atoms with E-state index in [4.69, 9.17) is 27.4 Å². The fraction of sp³-hybridized carbons (Fsp3) is 0.292. The van der Waals surface area contributed by atoms with Crippen LogP contribution >= 0.6 is 12.2 Å². The first-order valence-corrected chi connectivity index (χ1v) is 10.6. The average Bonchev–Trinajstić information content (AvgIpc) is 3.17. The summed E-state index contributed by atoms with van der Waals surface area (Å²) in [6.07, 6.45) is 4.05. The Morgan fingerprint density at radius 3 is 2.59 bits per heavy atom. The van der Waals surface area contributed by atoms with E-state index in [2.05, 4.69) is 36.4 Å². The van der Waals surface area contributed by atoms with E-state index in [1.165, 1.54) is 16.3 Å². The molecule has 0 saturated carbocycles. The third-order valence-electron chi connectivity index (χ3n) is 5.28. The zero-order chi connectivity index (χ0) is 20.1. The van der Waals surface area contributed by atoms with Crippen LogP contribution < -0.4 is 20.1 Å². The van der Waals surface area contributed by atoms with Crippen molar-refractivity contribution in [3.05, 3.63) is 66.2 Å². The third kappa shape index (κ3) is 4.62. The van der Waals surface area contributed by atoms with Crippen LogP contribution in [0.15, 0.2) is 60.7 Å². The fourth-order valence-electron chi connectivity index (χ4n) is 3.77. The number of hydrogen-bond acceptors (Lipinski definition) is 3. The Balaban J connectivity index is 1.18. The fourth-order valence-corrected chi connectivity index (χ4v) is 3.96. The van der Waals surface area contributed by atoms with Crippen LogP contribution in [0.2, 0.25) is 0 Å². The van der Waals surface area contributed by atoms with Crippen molar-refractivity contribution in [1.29, 1.82) is 0 Å². The molecule has 4 nitrogen and oxygen atoms in total. The second-order valence-corrected chi connectivity index (χ2v) is 7.68. The standard InChI is InChI=1S/C24H26N2O2S/c25-24(29)26-14-13-19-17-20(11-12-22(19)26)27-15-4-1-5-16-28-23-10-6-8-18-7-2-3-9-21(18)23/h2-3,6-12,17H,1,4-5,13-16H2,(H2,25,29). The van der Waals surface area contributed by atoms with Crippen LogP contribution in [-0.2, 0) is 6.42 Å². The molecule has 0 spiro atoms. The lowest BCUT2D eigenvalue weighted by Crippen LogP contribution is -2.33. The van der Waals surface area contributed by atoms with Gasteiger partial charge < -0.3 is 20.1 Å². The molecule has 0 unspecified atom stereocenters. The number of hydrogen-bond donors (Lipinski definition) is 1. The van der Waals surface area contributed by atoms with Crippen LogP contribution in [0, 0.1) is 0 Å². The van der Waals surface area contributed by atoms with Crippen molar-refractivity contribution in [3.63, 3.8) is 0 Å². The molecule has 3 aromatic carbocycles. The molecule has 2 N–H and O–H groups in total. The third-order valence-corrected chi connectivity index (χ3v) is 5.50. The van der Waals surface area contributed by atoms with Gasteiger partial charge in [0.2, 0.25) is 0 Å². The maximum Gasteiger partial charge on any atom is 0.170 e. The number of nitrogens with two attached hydrogens (primary N) is 1. The number of rotatable bonds is 8. The SMILES string of the molecule is NC(=S)N1CCc2cc(OCCCCCOc3cccc4ccccc34)ccc21. The minimum Gasteiger partial charge on any atom is -0.494 e. The molecule has 0 amide bonds. The van der Waals surface area contributed by atoms with E-state index in [1.54, 1.807) is 0 Å². The number of unbranched alkanes of at least 4 members (excludes halogenated alkanes) is 2. The van der Waals surface area contributed by atoms with Crippen molar-refractivity contribution >= 4 is 33.8 Å². The van der Waals surface area contributed by atoms with E-state index in [0.29, 0.717) is 11.7 Å². The number of fused-ring (bicyclic) bond motifs is 2. The Morgan fingerprint density at radius 1 is 0.931 bits per heavy atom. The second kappa shape index (κ2) is 9.14. The van der Waals surface area contributed by atoms with Gasteiger partial charge in [0.15, 0.2) is 5.11 Å². The van der Waals surface area contributed by atoms with Crippen molar-refractivity contribution in [2.75, 3.05) is 24.7 Å². The average molecular weight is 407 g/mol.